The van der Waals surface area contributed by atoms with Crippen molar-refractivity contribution in [2.45, 2.75) is 26.2 Å². The van der Waals surface area contributed by atoms with Crippen molar-refractivity contribution < 1.29 is 14.0 Å². The van der Waals surface area contributed by atoms with Crippen LogP contribution in [0.1, 0.15) is 45.5 Å². The van der Waals surface area contributed by atoms with Crippen molar-refractivity contribution in [1.82, 2.24) is 10.3 Å². The molecule has 1 atom stereocenters. The molecule has 0 fully saturated rings. The van der Waals surface area contributed by atoms with Crippen LogP contribution in [0.5, 0.6) is 0 Å². The summed E-state index contributed by atoms with van der Waals surface area (Å²) in [6, 6.07) is 5.01. The molecule has 0 spiro atoms. The largest absolute Gasteiger partial charge is 0.469 e. The maximum atomic E-state index is 12.2. The maximum Gasteiger partial charge on any atom is 0.261 e. The highest BCUT2D eigenvalue weighted by atomic mass is 16.3. The molecule has 6 heteroatoms. The summed E-state index contributed by atoms with van der Waals surface area (Å²) in [5, 5.41) is 2.68. The molecule has 2 N–H and O–H groups in total. The Kier molecular flexibility index (Phi) is 4.14. The van der Waals surface area contributed by atoms with E-state index in [0.29, 0.717) is 37.1 Å². The highest BCUT2D eigenvalue weighted by Crippen LogP contribution is 2.23. The first kappa shape index (κ1) is 15.3. The van der Waals surface area contributed by atoms with Crippen LogP contribution in [0.25, 0.3) is 0 Å². The lowest BCUT2D eigenvalue weighted by molar-refractivity contribution is 0.0951. The van der Waals surface area contributed by atoms with Gasteiger partial charge < -0.3 is 14.7 Å². The van der Waals surface area contributed by atoms with E-state index in [1.807, 2.05) is 13.0 Å². The van der Waals surface area contributed by atoms with Crippen LogP contribution < -0.4 is 10.9 Å². The maximum absolute atomic E-state index is 12.2. The van der Waals surface area contributed by atoms with Crippen molar-refractivity contribution in [1.29, 1.82) is 0 Å². The summed E-state index contributed by atoms with van der Waals surface area (Å²) in [5.74, 6) is 0.458. The molecule has 1 aliphatic carbocycles. The van der Waals surface area contributed by atoms with Crippen molar-refractivity contribution in [3.63, 3.8) is 0 Å². The standard InChI is InChI=1S/C17H18N2O4/c1-10-7-14-12(15(20)8-10)9-13(17(22)19-14)16(21)18-5-4-11-3-2-6-23-11/h2-3,6,9-10H,4-5,7-8H2,1H3,(H,18,21)(H,19,22). The number of pyridine rings is 1. The molecule has 1 aliphatic rings. The van der Waals surface area contributed by atoms with Crippen molar-refractivity contribution in [2.75, 3.05) is 6.54 Å². The molecule has 0 aliphatic heterocycles. The predicted octanol–water partition coefficient (Wildman–Crippen LogP) is 1.71. The van der Waals surface area contributed by atoms with Gasteiger partial charge in [0.15, 0.2) is 5.78 Å². The van der Waals surface area contributed by atoms with Crippen LogP contribution in [-0.2, 0) is 12.8 Å². The van der Waals surface area contributed by atoms with E-state index in [9.17, 15) is 14.4 Å². The van der Waals surface area contributed by atoms with Gasteiger partial charge in [-0.2, -0.15) is 0 Å². The Morgan fingerprint density at radius 3 is 2.96 bits per heavy atom. The number of ketones is 1. The molecule has 0 bridgehead atoms. The molecule has 0 radical (unpaired) electrons. The third-order valence-electron chi connectivity index (χ3n) is 3.99. The number of aromatic nitrogens is 1. The molecule has 6 nitrogen and oxygen atoms in total. The van der Waals surface area contributed by atoms with Crippen LogP contribution >= 0.6 is 0 Å². The second-order valence-corrected chi connectivity index (χ2v) is 5.93. The fourth-order valence-corrected chi connectivity index (χ4v) is 2.84. The number of nitrogens with one attached hydrogen (secondary N) is 2. The van der Waals surface area contributed by atoms with Crippen molar-refractivity contribution in [3.8, 4) is 0 Å². The van der Waals surface area contributed by atoms with Gasteiger partial charge in [-0.1, -0.05) is 6.92 Å². The fourth-order valence-electron chi connectivity index (χ4n) is 2.84. The minimum Gasteiger partial charge on any atom is -0.469 e. The Balaban J connectivity index is 1.74. The van der Waals surface area contributed by atoms with Crippen molar-refractivity contribution in [2.24, 2.45) is 5.92 Å². The van der Waals surface area contributed by atoms with E-state index < -0.39 is 11.5 Å². The molecule has 0 aromatic carbocycles. The van der Waals surface area contributed by atoms with E-state index in [1.54, 1.807) is 12.3 Å². The van der Waals surface area contributed by atoms with Crippen LogP contribution in [0.2, 0.25) is 0 Å². The third kappa shape index (κ3) is 3.26. The van der Waals surface area contributed by atoms with E-state index in [4.69, 9.17) is 4.42 Å². The number of Topliss-reactive ketones (excluding diaryl/α,β-unsaturated/α-hetero) is 1. The van der Waals surface area contributed by atoms with Crippen LogP contribution in [0.3, 0.4) is 0 Å². The Labute approximate surface area is 132 Å². The lowest BCUT2D eigenvalue weighted by Crippen LogP contribution is -2.33. The van der Waals surface area contributed by atoms with Gasteiger partial charge in [-0.3, -0.25) is 14.4 Å². The highest BCUT2D eigenvalue weighted by molar-refractivity contribution is 6.01. The number of hydrogen-bond donors (Lipinski definition) is 2. The monoisotopic (exact) mass is 314 g/mol. The van der Waals surface area contributed by atoms with E-state index in [1.165, 1.54) is 6.07 Å². The second kappa shape index (κ2) is 6.24. The molecule has 2 heterocycles. The molecule has 0 saturated heterocycles. The highest BCUT2D eigenvalue weighted by Gasteiger charge is 2.25. The summed E-state index contributed by atoms with van der Waals surface area (Å²) in [6.07, 6.45) is 3.20. The van der Waals surface area contributed by atoms with Crippen LogP contribution in [-0.4, -0.2) is 23.2 Å². The van der Waals surface area contributed by atoms with Gasteiger partial charge in [0.1, 0.15) is 11.3 Å². The van der Waals surface area contributed by atoms with Gasteiger partial charge >= 0.3 is 0 Å². The third-order valence-corrected chi connectivity index (χ3v) is 3.99. The van der Waals surface area contributed by atoms with Gasteiger partial charge in [0.25, 0.3) is 11.5 Å². The van der Waals surface area contributed by atoms with E-state index in [2.05, 4.69) is 10.3 Å². The van der Waals surface area contributed by atoms with Crippen LogP contribution in [0.4, 0.5) is 0 Å². The summed E-state index contributed by atoms with van der Waals surface area (Å²) >= 11 is 0. The van der Waals surface area contributed by atoms with Gasteiger partial charge in [0.2, 0.25) is 0 Å². The molecular weight excluding hydrogens is 296 g/mol. The topological polar surface area (TPSA) is 92.2 Å². The molecule has 120 valence electrons. The van der Waals surface area contributed by atoms with Crippen LogP contribution in [0.15, 0.2) is 33.7 Å². The summed E-state index contributed by atoms with van der Waals surface area (Å²) < 4.78 is 5.18. The smallest absolute Gasteiger partial charge is 0.261 e. The fraction of sp³-hybridized carbons (Fsp3) is 0.353. The molecule has 1 amide bonds. The Bertz CT molecular complexity index is 789. The van der Waals surface area contributed by atoms with Gasteiger partial charge in [0.05, 0.1) is 6.26 Å². The first-order valence-corrected chi connectivity index (χ1v) is 7.64. The predicted molar refractivity (Wildman–Crippen MR) is 83.6 cm³/mol. The molecule has 2 aromatic rings. The number of amides is 1. The summed E-state index contributed by atoms with van der Waals surface area (Å²) in [4.78, 5) is 39.0. The van der Waals surface area contributed by atoms with Gasteiger partial charge in [-0.15, -0.1) is 0 Å². The van der Waals surface area contributed by atoms with Gasteiger partial charge in [-0.25, -0.2) is 0 Å². The van der Waals surface area contributed by atoms with Crippen molar-refractivity contribution in [3.05, 3.63) is 57.4 Å². The second-order valence-electron chi connectivity index (χ2n) is 5.93. The summed E-state index contributed by atoms with van der Waals surface area (Å²) in [7, 11) is 0. The number of furan rings is 1. The van der Waals surface area contributed by atoms with Gasteiger partial charge in [-0.05, 0) is 30.5 Å². The molecular formula is C17H18N2O4. The Morgan fingerprint density at radius 1 is 1.39 bits per heavy atom. The number of carbonyl (C=O) groups excluding carboxylic acids is 2. The van der Waals surface area contributed by atoms with E-state index >= 15 is 0 Å². The zero-order valence-electron chi connectivity index (χ0n) is 12.8. The quantitative estimate of drug-likeness (QED) is 0.898. The molecule has 0 saturated carbocycles. The number of fused-ring (bicyclic) bond motifs is 1. The normalized spacial score (nSPS) is 16.9. The zero-order chi connectivity index (χ0) is 16.4. The lowest BCUT2D eigenvalue weighted by Gasteiger charge is -2.20. The number of aromatic amines is 1. The molecule has 23 heavy (non-hydrogen) atoms. The average Bonchev–Trinajstić information content (AvgIpc) is 2.99. The number of rotatable bonds is 4. The Hall–Kier alpha value is -2.63. The average molecular weight is 314 g/mol. The summed E-state index contributed by atoms with van der Waals surface area (Å²) in [5.41, 5.74) is 0.608. The number of carbonyl (C=O) groups is 2. The number of H-pyrrole nitrogens is 1. The summed E-state index contributed by atoms with van der Waals surface area (Å²) in [6.45, 7) is 2.32. The first-order chi connectivity index (χ1) is 11.0. The van der Waals surface area contributed by atoms with E-state index in [-0.39, 0.29) is 17.3 Å². The minimum absolute atomic E-state index is 0.0221. The van der Waals surface area contributed by atoms with Crippen molar-refractivity contribution >= 4 is 11.7 Å². The zero-order valence-corrected chi connectivity index (χ0v) is 12.8. The van der Waals surface area contributed by atoms with Gasteiger partial charge in [0, 0.05) is 30.6 Å². The SMILES string of the molecule is CC1CC(=O)c2cc(C(=O)NCCc3ccco3)c(=O)[nH]c2C1. The minimum atomic E-state index is -0.480. The molecule has 1 unspecified atom stereocenters. The lowest BCUT2D eigenvalue weighted by atomic mass is 9.86. The van der Waals surface area contributed by atoms with Crippen LogP contribution in [0, 0.1) is 5.92 Å². The number of hydrogen-bond acceptors (Lipinski definition) is 4. The molecule has 3 rings (SSSR count). The first-order valence-electron chi connectivity index (χ1n) is 7.64. The van der Waals surface area contributed by atoms with E-state index in [0.717, 1.165) is 5.76 Å². The molecule has 2 aromatic heterocycles. The Morgan fingerprint density at radius 2 is 2.22 bits per heavy atom.